The van der Waals surface area contributed by atoms with Crippen LogP contribution < -0.4 is 10.6 Å². The quantitative estimate of drug-likeness (QED) is 0.501. The summed E-state index contributed by atoms with van der Waals surface area (Å²) in [5, 5.41) is 7.19. The fourth-order valence-electron chi connectivity index (χ4n) is 3.66. The third-order valence-corrected chi connectivity index (χ3v) is 5.33. The Balaban J connectivity index is 1.52. The Hall–Kier alpha value is -3.35. The van der Waals surface area contributed by atoms with Gasteiger partial charge in [0, 0.05) is 37.6 Å². The molecular formula is C21H22N6O. The molecule has 3 N–H and O–H groups in total. The summed E-state index contributed by atoms with van der Waals surface area (Å²) in [6.07, 6.45) is 3.85. The van der Waals surface area contributed by atoms with Gasteiger partial charge in [0.1, 0.15) is 11.2 Å². The lowest BCUT2D eigenvalue weighted by molar-refractivity contribution is -0.122. The first-order chi connectivity index (χ1) is 13.6. The first-order valence-electron chi connectivity index (χ1n) is 9.52. The largest absolute Gasteiger partial charge is 0.371 e. The van der Waals surface area contributed by atoms with E-state index in [4.69, 9.17) is 4.98 Å². The second-order valence-corrected chi connectivity index (χ2v) is 7.40. The Kier molecular flexibility index (Phi) is 3.82. The normalized spacial score (nSPS) is 13.9. The number of hydrogen-bond donors (Lipinski definition) is 3. The minimum absolute atomic E-state index is 0.165. The number of nitrogens with one attached hydrogen (secondary N) is 3. The van der Waals surface area contributed by atoms with Crippen molar-refractivity contribution in [2.24, 2.45) is 13.0 Å². The topological polar surface area (TPSA) is 87.6 Å². The van der Waals surface area contributed by atoms with Gasteiger partial charge in [0.05, 0.1) is 11.8 Å². The van der Waals surface area contributed by atoms with E-state index >= 15 is 0 Å². The molecule has 4 aromatic rings. The summed E-state index contributed by atoms with van der Waals surface area (Å²) in [6, 6.07) is 10.4. The fraction of sp³-hybridized carbons (Fsp3) is 0.286. The molecule has 0 atom stereocenters. The molecule has 1 fully saturated rings. The third kappa shape index (κ3) is 2.79. The van der Waals surface area contributed by atoms with Crippen LogP contribution in [0.3, 0.4) is 0 Å². The minimum atomic E-state index is 0.165. The van der Waals surface area contributed by atoms with Crippen molar-refractivity contribution in [3.8, 4) is 11.3 Å². The van der Waals surface area contributed by atoms with Crippen LogP contribution in [0, 0.1) is 5.92 Å². The second kappa shape index (κ2) is 6.37. The lowest BCUT2D eigenvalue weighted by Crippen LogP contribution is -2.24. The summed E-state index contributed by atoms with van der Waals surface area (Å²) in [7, 11) is 3.84. The molecule has 0 unspecified atom stereocenters. The number of carbonyl (C=O) groups is 1. The molecular weight excluding hydrogens is 352 g/mol. The molecule has 7 heteroatoms. The number of anilines is 1. The van der Waals surface area contributed by atoms with E-state index in [9.17, 15) is 4.79 Å². The molecule has 1 aromatic carbocycles. The van der Waals surface area contributed by atoms with Crippen molar-refractivity contribution in [3.05, 3.63) is 42.2 Å². The number of aryl methyl sites for hydroxylation is 1. The number of carbonyl (C=O) groups excluding carboxylic acids is 1. The van der Waals surface area contributed by atoms with Gasteiger partial charge in [-0.05, 0) is 36.1 Å². The molecule has 0 radical (unpaired) electrons. The van der Waals surface area contributed by atoms with Crippen LogP contribution in [0.2, 0.25) is 0 Å². The van der Waals surface area contributed by atoms with Crippen LogP contribution in [-0.4, -0.2) is 32.5 Å². The first-order valence-corrected chi connectivity index (χ1v) is 9.52. The first kappa shape index (κ1) is 16.8. The van der Waals surface area contributed by atoms with Gasteiger partial charge in [0.2, 0.25) is 5.91 Å². The van der Waals surface area contributed by atoms with Crippen LogP contribution in [0.25, 0.3) is 33.3 Å². The fourth-order valence-corrected chi connectivity index (χ4v) is 3.66. The summed E-state index contributed by atoms with van der Waals surface area (Å²) < 4.78 is 2.02. The van der Waals surface area contributed by atoms with E-state index in [1.807, 2.05) is 37.1 Å². The number of aromatic nitrogens is 4. The SMILES string of the molecule is CNc1nc2[nH]c(-c3cccc(CNC(=O)C4CC4)c3)cc2c2c1ncn2C. The number of fused-ring (bicyclic) bond motifs is 3. The summed E-state index contributed by atoms with van der Waals surface area (Å²) in [5.41, 5.74) is 5.87. The zero-order valence-electron chi connectivity index (χ0n) is 15.9. The van der Waals surface area contributed by atoms with Crippen molar-refractivity contribution in [1.82, 2.24) is 24.8 Å². The number of nitrogens with zero attached hydrogens (tertiary/aromatic N) is 3. The lowest BCUT2D eigenvalue weighted by atomic mass is 10.1. The van der Waals surface area contributed by atoms with Crippen LogP contribution >= 0.6 is 0 Å². The van der Waals surface area contributed by atoms with Crippen molar-refractivity contribution >= 4 is 33.8 Å². The maximum Gasteiger partial charge on any atom is 0.223 e. The molecule has 1 amide bonds. The van der Waals surface area contributed by atoms with E-state index in [1.54, 1.807) is 0 Å². The molecule has 3 aromatic heterocycles. The number of hydrogen-bond acceptors (Lipinski definition) is 4. The standard InChI is InChI=1S/C21H22N6O/c1-22-20-17-18(27(2)11-24-17)15-9-16(25-19(15)26-20)14-5-3-4-12(8-14)10-23-21(28)13-6-7-13/h3-5,8-9,11,13H,6-7,10H2,1-2H3,(H,23,28)(H2,22,25,26). The number of imidazole rings is 1. The average Bonchev–Trinajstić information content (AvgIpc) is 3.37. The number of amides is 1. The predicted octanol–water partition coefficient (Wildman–Crippen LogP) is 3.18. The molecule has 0 spiro atoms. The van der Waals surface area contributed by atoms with Gasteiger partial charge in [-0.15, -0.1) is 0 Å². The van der Waals surface area contributed by atoms with Crippen LogP contribution in [0.15, 0.2) is 36.7 Å². The highest BCUT2D eigenvalue weighted by molar-refractivity contribution is 6.07. The zero-order valence-corrected chi connectivity index (χ0v) is 15.9. The number of H-pyrrole nitrogens is 1. The van der Waals surface area contributed by atoms with Gasteiger partial charge >= 0.3 is 0 Å². The minimum Gasteiger partial charge on any atom is -0.371 e. The zero-order chi connectivity index (χ0) is 19.3. The molecule has 142 valence electrons. The van der Waals surface area contributed by atoms with E-state index in [2.05, 4.69) is 38.8 Å². The summed E-state index contributed by atoms with van der Waals surface area (Å²) in [5.74, 6) is 1.15. The third-order valence-electron chi connectivity index (χ3n) is 5.33. The molecule has 0 saturated heterocycles. The van der Waals surface area contributed by atoms with Gasteiger partial charge in [-0.25, -0.2) is 9.97 Å². The highest BCUT2D eigenvalue weighted by Crippen LogP contribution is 2.32. The van der Waals surface area contributed by atoms with Crippen molar-refractivity contribution in [2.45, 2.75) is 19.4 Å². The van der Waals surface area contributed by atoms with Crippen molar-refractivity contribution in [2.75, 3.05) is 12.4 Å². The van der Waals surface area contributed by atoms with Gasteiger partial charge < -0.3 is 20.2 Å². The van der Waals surface area contributed by atoms with Crippen molar-refractivity contribution < 1.29 is 4.79 Å². The molecule has 1 aliphatic rings. The molecule has 28 heavy (non-hydrogen) atoms. The summed E-state index contributed by atoms with van der Waals surface area (Å²) in [6.45, 7) is 0.553. The van der Waals surface area contributed by atoms with Crippen LogP contribution in [0.5, 0.6) is 0 Å². The lowest BCUT2D eigenvalue weighted by Gasteiger charge is -2.06. The second-order valence-electron chi connectivity index (χ2n) is 7.40. The molecule has 1 aliphatic carbocycles. The van der Waals surface area contributed by atoms with Crippen LogP contribution in [0.4, 0.5) is 5.82 Å². The predicted molar refractivity (Wildman–Crippen MR) is 110 cm³/mol. The van der Waals surface area contributed by atoms with Gasteiger partial charge in [-0.2, -0.15) is 0 Å². The smallest absolute Gasteiger partial charge is 0.223 e. The van der Waals surface area contributed by atoms with Crippen molar-refractivity contribution in [3.63, 3.8) is 0 Å². The van der Waals surface area contributed by atoms with E-state index in [0.29, 0.717) is 6.54 Å². The van der Waals surface area contributed by atoms with E-state index < -0.39 is 0 Å². The van der Waals surface area contributed by atoms with Crippen molar-refractivity contribution in [1.29, 1.82) is 0 Å². The van der Waals surface area contributed by atoms with Gasteiger partial charge in [0.15, 0.2) is 5.82 Å². The Morgan fingerprint density at radius 1 is 1.32 bits per heavy atom. The molecule has 7 nitrogen and oxygen atoms in total. The molecule has 1 saturated carbocycles. The molecule has 3 heterocycles. The van der Waals surface area contributed by atoms with Crippen LogP contribution in [0.1, 0.15) is 18.4 Å². The molecule has 0 aliphatic heterocycles. The number of aromatic amines is 1. The van der Waals surface area contributed by atoms with E-state index in [0.717, 1.165) is 57.5 Å². The monoisotopic (exact) mass is 374 g/mol. The summed E-state index contributed by atoms with van der Waals surface area (Å²) >= 11 is 0. The Labute approximate surface area is 162 Å². The Morgan fingerprint density at radius 2 is 2.18 bits per heavy atom. The maximum absolute atomic E-state index is 11.9. The molecule has 0 bridgehead atoms. The average molecular weight is 374 g/mol. The van der Waals surface area contributed by atoms with E-state index in [-0.39, 0.29) is 11.8 Å². The highest BCUT2D eigenvalue weighted by Gasteiger charge is 2.29. The van der Waals surface area contributed by atoms with Gasteiger partial charge in [-0.1, -0.05) is 18.2 Å². The number of rotatable bonds is 5. The highest BCUT2D eigenvalue weighted by atomic mass is 16.2. The van der Waals surface area contributed by atoms with E-state index in [1.165, 1.54) is 0 Å². The maximum atomic E-state index is 11.9. The van der Waals surface area contributed by atoms with Gasteiger partial charge in [-0.3, -0.25) is 4.79 Å². The Bertz CT molecular complexity index is 1200. The Morgan fingerprint density at radius 3 is 2.96 bits per heavy atom. The summed E-state index contributed by atoms with van der Waals surface area (Å²) in [4.78, 5) is 24.5. The number of benzene rings is 1. The van der Waals surface area contributed by atoms with Crippen LogP contribution in [-0.2, 0) is 18.4 Å². The van der Waals surface area contributed by atoms with Gasteiger partial charge in [0.25, 0.3) is 0 Å². The number of pyridine rings is 1. The molecule has 5 rings (SSSR count).